The maximum Gasteiger partial charge on any atom is 0.255 e. The quantitative estimate of drug-likeness (QED) is 0.763. The summed E-state index contributed by atoms with van der Waals surface area (Å²) in [5, 5.41) is 5.65. The molecule has 5 nitrogen and oxygen atoms in total. The molecule has 2 aromatic rings. The molecule has 1 atom stereocenters. The Morgan fingerprint density at radius 2 is 1.83 bits per heavy atom. The van der Waals surface area contributed by atoms with Crippen LogP contribution in [0.5, 0.6) is 0 Å². The summed E-state index contributed by atoms with van der Waals surface area (Å²) in [5.74, 6) is -0.271. The second-order valence-electron chi connectivity index (χ2n) is 5.92. The number of hydrogen-bond donors (Lipinski definition) is 3. The molecule has 0 heterocycles. The molecule has 0 aliphatic rings. The van der Waals surface area contributed by atoms with Gasteiger partial charge in [-0.1, -0.05) is 36.8 Å². The summed E-state index contributed by atoms with van der Waals surface area (Å²) in [5.41, 5.74) is 8.04. The van der Waals surface area contributed by atoms with Gasteiger partial charge in [-0.3, -0.25) is 9.59 Å². The third-order valence-electron chi connectivity index (χ3n) is 3.71. The number of para-hydroxylation sites is 1. The Bertz CT molecular complexity index is 728. The average Bonchev–Trinajstić information content (AvgIpc) is 2.59. The largest absolute Gasteiger partial charge is 0.352 e. The molecule has 0 saturated heterocycles. The van der Waals surface area contributed by atoms with E-state index < -0.39 is 0 Å². The van der Waals surface area contributed by atoms with Crippen molar-refractivity contribution in [2.75, 3.05) is 18.4 Å². The van der Waals surface area contributed by atoms with E-state index in [1.54, 1.807) is 36.4 Å². The van der Waals surface area contributed by atoms with E-state index in [1.165, 1.54) is 0 Å². The Morgan fingerprint density at radius 3 is 2.54 bits per heavy atom. The molecule has 2 amide bonds. The van der Waals surface area contributed by atoms with Gasteiger partial charge < -0.3 is 16.4 Å². The number of benzene rings is 2. The number of anilines is 1. The lowest BCUT2D eigenvalue weighted by molar-refractivity contribution is 0.0949. The molecule has 0 saturated carbocycles. The molecule has 0 bridgehead atoms. The predicted molar refractivity (Wildman–Crippen MR) is 96.1 cm³/mol. The van der Waals surface area contributed by atoms with Gasteiger partial charge in [-0.05, 0) is 43.7 Å². The van der Waals surface area contributed by atoms with Crippen LogP contribution in [0.1, 0.15) is 33.2 Å². The highest BCUT2D eigenvalue weighted by atomic mass is 16.2. The SMILES string of the molecule is Cc1cccc(C(=O)Nc2ccccc2C(=O)NCC(C)CN)c1. The Kier molecular flexibility index (Phi) is 6.09. The van der Waals surface area contributed by atoms with E-state index in [0.29, 0.717) is 29.9 Å². The zero-order valence-corrected chi connectivity index (χ0v) is 14.0. The predicted octanol–water partition coefficient (Wildman–Crippen LogP) is 2.57. The van der Waals surface area contributed by atoms with Crippen molar-refractivity contribution in [1.82, 2.24) is 5.32 Å². The summed E-state index contributed by atoms with van der Waals surface area (Å²) in [6, 6.07) is 14.3. The monoisotopic (exact) mass is 325 g/mol. The first-order chi connectivity index (χ1) is 11.5. The zero-order chi connectivity index (χ0) is 17.5. The van der Waals surface area contributed by atoms with E-state index in [-0.39, 0.29) is 17.7 Å². The lowest BCUT2D eigenvalue weighted by Crippen LogP contribution is -2.31. The topological polar surface area (TPSA) is 84.2 Å². The molecule has 0 aromatic heterocycles. The Labute approximate surface area is 142 Å². The van der Waals surface area contributed by atoms with Gasteiger partial charge in [0.15, 0.2) is 0 Å². The van der Waals surface area contributed by atoms with Crippen molar-refractivity contribution < 1.29 is 9.59 Å². The first kappa shape index (κ1) is 17.7. The van der Waals surface area contributed by atoms with E-state index in [9.17, 15) is 9.59 Å². The van der Waals surface area contributed by atoms with Crippen molar-refractivity contribution in [2.24, 2.45) is 11.7 Å². The van der Waals surface area contributed by atoms with E-state index >= 15 is 0 Å². The van der Waals surface area contributed by atoms with Crippen molar-refractivity contribution >= 4 is 17.5 Å². The summed E-state index contributed by atoms with van der Waals surface area (Å²) in [6.07, 6.45) is 0. The molecule has 2 aromatic carbocycles. The first-order valence-electron chi connectivity index (χ1n) is 7.96. The van der Waals surface area contributed by atoms with Gasteiger partial charge in [0, 0.05) is 12.1 Å². The number of nitrogens with two attached hydrogens (primary N) is 1. The molecule has 0 spiro atoms. The second-order valence-corrected chi connectivity index (χ2v) is 5.92. The number of carbonyl (C=O) groups is 2. The third kappa shape index (κ3) is 4.67. The number of rotatable bonds is 6. The summed E-state index contributed by atoms with van der Waals surface area (Å²) in [7, 11) is 0. The fraction of sp³-hybridized carbons (Fsp3) is 0.263. The highest BCUT2D eigenvalue weighted by Gasteiger charge is 2.14. The van der Waals surface area contributed by atoms with Crippen molar-refractivity contribution in [2.45, 2.75) is 13.8 Å². The minimum atomic E-state index is -0.241. The average molecular weight is 325 g/mol. The minimum Gasteiger partial charge on any atom is -0.352 e. The van der Waals surface area contributed by atoms with Crippen molar-refractivity contribution in [1.29, 1.82) is 0 Å². The van der Waals surface area contributed by atoms with Gasteiger partial charge >= 0.3 is 0 Å². The van der Waals surface area contributed by atoms with Gasteiger partial charge in [0.1, 0.15) is 0 Å². The van der Waals surface area contributed by atoms with Gasteiger partial charge in [0.2, 0.25) is 0 Å². The van der Waals surface area contributed by atoms with Crippen molar-refractivity contribution in [3.05, 3.63) is 65.2 Å². The number of nitrogens with one attached hydrogen (secondary N) is 2. The summed E-state index contributed by atoms with van der Waals surface area (Å²) < 4.78 is 0. The molecule has 5 heteroatoms. The Hall–Kier alpha value is -2.66. The molecule has 4 N–H and O–H groups in total. The summed E-state index contributed by atoms with van der Waals surface area (Å²) >= 11 is 0. The van der Waals surface area contributed by atoms with E-state index in [1.807, 2.05) is 26.0 Å². The lowest BCUT2D eigenvalue weighted by Gasteiger charge is -2.13. The highest BCUT2D eigenvalue weighted by molar-refractivity contribution is 6.09. The third-order valence-corrected chi connectivity index (χ3v) is 3.71. The van der Waals surface area contributed by atoms with Crippen LogP contribution in [0.2, 0.25) is 0 Å². The molecular formula is C19H23N3O2. The lowest BCUT2D eigenvalue weighted by atomic mass is 10.1. The smallest absolute Gasteiger partial charge is 0.255 e. The van der Waals surface area contributed by atoms with Gasteiger partial charge in [-0.15, -0.1) is 0 Å². The maximum absolute atomic E-state index is 12.4. The normalized spacial score (nSPS) is 11.6. The van der Waals surface area contributed by atoms with Gasteiger partial charge in [-0.25, -0.2) is 0 Å². The highest BCUT2D eigenvalue weighted by Crippen LogP contribution is 2.16. The van der Waals surface area contributed by atoms with Gasteiger partial charge in [0.05, 0.1) is 11.3 Å². The second kappa shape index (κ2) is 8.26. The van der Waals surface area contributed by atoms with Crippen molar-refractivity contribution in [3.8, 4) is 0 Å². The number of hydrogen-bond acceptors (Lipinski definition) is 3. The van der Waals surface area contributed by atoms with E-state index in [0.717, 1.165) is 5.56 Å². The molecule has 2 rings (SSSR count). The fourth-order valence-electron chi connectivity index (χ4n) is 2.22. The van der Waals surface area contributed by atoms with Crippen LogP contribution >= 0.6 is 0 Å². The maximum atomic E-state index is 12.4. The van der Waals surface area contributed by atoms with Gasteiger partial charge in [-0.2, -0.15) is 0 Å². The van der Waals surface area contributed by atoms with Crippen LogP contribution in [0.4, 0.5) is 5.69 Å². The van der Waals surface area contributed by atoms with Crippen molar-refractivity contribution in [3.63, 3.8) is 0 Å². The number of aryl methyl sites for hydroxylation is 1. The molecule has 0 fully saturated rings. The molecule has 0 aliphatic carbocycles. The minimum absolute atomic E-state index is 0.197. The number of amides is 2. The first-order valence-corrected chi connectivity index (χ1v) is 7.96. The van der Waals surface area contributed by atoms with Crippen LogP contribution in [0.3, 0.4) is 0 Å². The number of carbonyl (C=O) groups excluding carboxylic acids is 2. The molecule has 126 valence electrons. The fourth-order valence-corrected chi connectivity index (χ4v) is 2.22. The van der Waals surface area contributed by atoms with E-state index in [2.05, 4.69) is 10.6 Å². The van der Waals surface area contributed by atoms with Crippen LogP contribution in [0.25, 0.3) is 0 Å². The molecule has 24 heavy (non-hydrogen) atoms. The van der Waals surface area contributed by atoms with Crippen LogP contribution in [-0.4, -0.2) is 24.9 Å². The van der Waals surface area contributed by atoms with E-state index in [4.69, 9.17) is 5.73 Å². The van der Waals surface area contributed by atoms with Gasteiger partial charge in [0.25, 0.3) is 11.8 Å². The van der Waals surface area contributed by atoms with Crippen LogP contribution in [0, 0.1) is 12.8 Å². The zero-order valence-electron chi connectivity index (χ0n) is 14.0. The van der Waals surface area contributed by atoms with Crippen LogP contribution < -0.4 is 16.4 Å². The molecule has 0 radical (unpaired) electrons. The Balaban J connectivity index is 2.13. The van der Waals surface area contributed by atoms with Crippen LogP contribution in [0.15, 0.2) is 48.5 Å². The van der Waals surface area contributed by atoms with Crippen LogP contribution in [-0.2, 0) is 0 Å². The Morgan fingerprint density at radius 1 is 1.08 bits per heavy atom. The molecular weight excluding hydrogens is 302 g/mol. The summed E-state index contributed by atoms with van der Waals surface area (Å²) in [6.45, 7) is 4.89. The summed E-state index contributed by atoms with van der Waals surface area (Å²) in [4.78, 5) is 24.7. The molecule has 1 unspecified atom stereocenters. The molecule has 0 aliphatic heterocycles. The standard InChI is InChI=1S/C19H23N3O2/c1-13-6-5-7-15(10-13)18(23)22-17-9-4-3-8-16(17)19(24)21-12-14(2)11-20/h3-10,14H,11-12,20H2,1-2H3,(H,21,24)(H,22,23).